The molecule has 0 saturated heterocycles. The van der Waals surface area contributed by atoms with E-state index in [1.807, 2.05) is 9.44 Å². The van der Waals surface area contributed by atoms with Gasteiger partial charge in [-0.05, 0) is 0 Å². The molecule has 0 radical (unpaired) electrons. The van der Waals surface area contributed by atoms with Crippen LogP contribution >= 0.6 is 0 Å². The van der Waals surface area contributed by atoms with Gasteiger partial charge in [-0.3, -0.25) is 4.79 Å². The molecule has 1 atom stereocenters. The topological polar surface area (TPSA) is 122 Å². The summed E-state index contributed by atoms with van der Waals surface area (Å²) >= 11 is 0. The first-order valence-electron chi connectivity index (χ1n) is 3.04. The van der Waals surface area contributed by atoms with Crippen LogP contribution in [0, 0.1) is 0 Å². The highest BCUT2D eigenvalue weighted by atomic mass is 32.2. The quantitative estimate of drug-likeness (QED) is 0.372. The number of primary amides is 1. The number of hydrogen-bond acceptors (Lipinski definition) is 4. The van der Waals surface area contributed by atoms with Crippen molar-refractivity contribution in [3.63, 3.8) is 0 Å². The van der Waals surface area contributed by atoms with Gasteiger partial charge in [-0.15, -0.1) is 0 Å². The Balaban J connectivity index is 3.92. The molecule has 0 heterocycles. The minimum atomic E-state index is -3.62. The molecule has 5 N–H and O–H groups in total. The van der Waals surface area contributed by atoms with Crippen LogP contribution in [0.5, 0.6) is 0 Å². The van der Waals surface area contributed by atoms with Gasteiger partial charge in [0.25, 0.3) is 10.2 Å². The number of carbonyl (C=O) groups is 1. The summed E-state index contributed by atoms with van der Waals surface area (Å²) in [7, 11) is -2.42. The zero-order chi connectivity index (χ0) is 9.78. The molecule has 1 unspecified atom stereocenters. The molecule has 0 bridgehead atoms. The van der Waals surface area contributed by atoms with Crippen LogP contribution in [0.4, 0.5) is 0 Å². The lowest BCUT2D eigenvalue weighted by Crippen LogP contribution is -2.43. The number of nitrogens with one attached hydrogen (secondary N) is 2. The van der Waals surface area contributed by atoms with Crippen molar-refractivity contribution in [3.8, 4) is 0 Å². The third-order valence-electron chi connectivity index (χ3n) is 1.06. The van der Waals surface area contributed by atoms with Crippen molar-refractivity contribution in [1.29, 1.82) is 0 Å². The fraction of sp³-hybridized carbons (Fsp3) is 0.750. The van der Waals surface area contributed by atoms with Gasteiger partial charge in [0.1, 0.15) is 6.10 Å². The molecule has 1 amide bonds. The summed E-state index contributed by atoms with van der Waals surface area (Å²) in [5.41, 5.74) is 4.66. The Kier molecular flexibility index (Phi) is 4.10. The lowest BCUT2D eigenvalue weighted by Gasteiger charge is -2.07. The lowest BCUT2D eigenvalue weighted by molar-refractivity contribution is -0.125. The second-order valence-electron chi connectivity index (χ2n) is 1.97. The zero-order valence-electron chi connectivity index (χ0n) is 6.44. The van der Waals surface area contributed by atoms with Crippen molar-refractivity contribution < 1.29 is 18.3 Å². The van der Waals surface area contributed by atoms with Gasteiger partial charge < -0.3 is 10.8 Å². The number of carbonyl (C=O) groups excluding carboxylic acids is 1. The molecule has 12 heavy (non-hydrogen) atoms. The number of aliphatic hydroxyl groups excluding tert-OH is 1. The molecule has 0 aromatic rings. The molecule has 0 aromatic heterocycles. The summed E-state index contributed by atoms with van der Waals surface area (Å²) in [4.78, 5) is 10.2. The van der Waals surface area contributed by atoms with Gasteiger partial charge in [-0.25, -0.2) is 4.72 Å². The molecule has 0 aliphatic carbocycles. The Hall–Kier alpha value is -0.700. The number of amides is 1. The SMILES string of the molecule is CNS(=O)(=O)NCC(O)C(N)=O. The Bertz CT molecular complexity index is 249. The van der Waals surface area contributed by atoms with Crippen LogP contribution in [0.2, 0.25) is 0 Å². The van der Waals surface area contributed by atoms with Crippen molar-refractivity contribution in [1.82, 2.24) is 9.44 Å². The van der Waals surface area contributed by atoms with E-state index in [1.165, 1.54) is 7.05 Å². The van der Waals surface area contributed by atoms with Crippen LogP contribution < -0.4 is 15.2 Å². The smallest absolute Gasteiger partial charge is 0.276 e. The molecule has 0 aliphatic heterocycles. The minimum Gasteiger partial charge on any atom is -0.382 e. The van der Waals surface area contributed by atoms with E-state index >= 15 is 0 Å². The largest absolute Gasteiger partial charge is 0.382 e. The standard InChI is InChI=1S/C4H11N3O4S/c1-6-12(10,11)7-2-3(8)4(5)9/h3,6-8H,2H2,1H3,(H2,5,9). The van der Waals surface area contributed by atoms with E-state index in [2.05, 4.69) is 5.73 Å². The van der Waals surface area contributed by atoms with Gasteiger partial charge in [-0.1, -0.05) is 0 Å². The average molecular weight is 197 g/mol. The van der Waals surface area contributed by atoms with Gasteiger partial charge in [0.2, 0.25) is 5.91 Å². The molecule has 72 valence electrons. The normalized spacial score (nSPS) is 14.2. The van der Waals surface area contributed by atoms with Crippen LogP contribution in [0.25, 0.3) is 0 Å². The van der Waals surface area contributed by atoms with Crippen LogP contribution in [-0.2, 0) is 15.0 Å². The summed E-state index contributed by atoms with van der Waals surface area (Å²) < 4.78 is 25.1. The lowest BCUT2D eigenvalue weighted by atomic mass is 10.3. The van der Waals surface area contributed by atoms with E-state index in [1.54, 1.807) is 0 Å². The fourth-order valence-corrected chi connectivity index (χ4v) is 0.883. The first-order chi connectivity index (χ1) is 5.39. The first kappa shape index (κ1) is 11.3. The summed E-state index contributed by atoms with van der Waals surface area (Å²) in [6, 6.07) is 0. The zero-order valence-corrected chi connectivity index (χ0v) is 7.26. The Morgan fingerprint density at radius 1 is 1.67 bits per heavy atom. The fourth-order valence-electron chi connectivity index (χ4n) is 0.361. The van der Waals surface area contributed by atoms with Gasteiger partial charge in [0.15, 0.2) is 0 Å². The Morgan fingerprint density at radius 3 is 2.50 bits per heavy atom. The third kappa shape index (κ3) is 4.23. The predicted molar refractivity (Wildman–Crippen MR) is 41.2 cm³/mol. The maximum absolute atomic E-state index is 10.6. The van der Waals surface area contributed by atoms with Gasteiger partial charge in [-0.2, -0.15) is 13.1 Å². The maximum Gasteiger partial charge on any atom is 0.276 e. The second-order valence-corrected chi connectivity index (χ2v) is 3.68. The summed E-state index contributed by atoms with van der Waals surface area (Å²) in [5, 5.41) is 8.76. The Labute approximate surface area is 70.1 Å². The molecule has 8 heteroatoms. The van der Waals surface area contributed by atoms with Crippen molar-refractivity contribution in [2.24, 2.45) is 5.73 Å². The van der Waals surface area contributed by atoms with Gasteiger partial charge in [0.05, 0.1) is 0 Å². The molecule has 0 aromatic carbocycles. The molecular formula is C4H11N3O4S. The Morgan fingerprint density at radius 2 is 2.17 bits per heavy atom. The van der Waals surface area contributed by atoms with Crippen molar-refractivity contribution in [3.05, 3.63) is 0 Å². The summed E-state index contributed by atoms with van der Waals surface area (Å²) in [5.74, 6) is -0.978. The molecule has 0 rings (SSSR count). The minimum absolute atomic E-state index is 0.432. The van der Waals surface area contributed by atoms with E-state index in [9.17, 15) is 13.2 Å². The second kappa shape index (κ2) is 4.36. The van der Waals surface area contributed by atoms with Crippen LogP contribution in [0.1, 0.15) is 0 Å². The molecule has 0 saturated carbocycles. The average Bonchev–Trinajstić information content (AvgIpc) is 2.00. The molecule has 0 aliphatic rings. The van der Waals surface area contributed by atoms with Crippen LogP contribution in [0.3, 0.4) is 0 Å². The van der Waals surface area contributed by atoms with E-state index < -0.39 is 28.8 Å². The number of nitrogens with two attached hydrogens (primary N) is 1. The molecule has 7 nitrogen and oxygen atoms in total. The monoisotopic (exact) mass is 197 g/mol. The predicted octanol–water partition coefficient (Wildman–Crippen LogP) is -3.11. The van der Waals surface area contributed by atoms with Crippen LogP contribution in [0.15, 0.2) is 0 Å². The van der Waals surface area contributed by atoms with Crippen LogP contribution in [-0.4, -0.2) is 39.1 Å². The van der Waals surface area contributed by atoms with E-state index in [0.29, 0.717) is 0 Å². The van der Waals surface area contributed by atoms with E-state index in [-0.39, 0.29) is 0 Å². The molecular weight excluding hydrogens is 186 g/mol. The van der Waals surface area contributed by atoms with Gasteiger partial charge >= 0.3 is 0 Å². The van der Waals surface area contributed by atoms with Crippen molar-refractivity contribution in [2.75, 3.05) is 13.6 Å². The first-order valence-corrected chi connectivity index (χ1v) is 4.53. The van der Waals surface area contributed by atoms with Gasteiger partial charge in [0, 0.05) is 13.6 Å². The summed E-state index contributed by atoms with van der Waals surface area (Å²) in [6.45, 7) is -0.432. The van der Waals surface area contributed by atoms with E-state index in [0.717, 1.165) is 0 Å². The highest BCUT2D eigenvalue weighted by molar-refractivity contribution is 7.87. The maximum atomic E-state index is 10.6. The molecule has 0 fully saturated rings. The van der Waals surface area contributed by atoms with Crippen molar-refractivity contribution in [2.45, 2.75) is 6.10 Å². The number of aliphatic hydroxyl groups is 1. The molecule has 0 spiro atoms. The van der Waals surface area contributed by atoms with Crippen molar-refractivity contribution >= 4 is 16.1 Å². The highest BCUT2D eigenvalue weighted by Gasteiger charge is 2.14. The number of rotatable bonds is 5. The number of hydrogen-bond donors (Lipinski definition) is 4. The third-order valence-corrected chi connectivity index (χ3v) is 2.15. The highest BCUT2D eigenvalue weighted by Crippen LogP contribution is 1.80. The summed E-state index contributed by atoms with van der Waals surface area (Å²) in [6.07, 6.45) is -1.51. The van der Waals surface area contributed by atoms with E-state index in [4.69, 9.17) is 5.11 Å².